The Bertz CT molecular complexity index is 478. The Morgan fingerprint density at radius 1 is 1.40 bits per heavy atom. The first-order chi connectivity index (χ1) is 9.10. The zero-order chi connectivity index (χ0) is 15.5. The van der Waals surface area contributed by atoms with Crippen molar-refractivity contribution in [1.29, 1.82) is 0 Å². The number of ether oxygens (including phenoxy) is 1. The van der Waals surface area contributed by atoms with Gasteiger partial charge in [0.25, 0.3) is 0 Å². The van der Waals surface area contributed by atoms with E-state index in [2.05, 4.69) is 10.3 Å². The normalized spacial score (nSPS) is 13.2. The van der Waals surface area contributed by atoms with Crippen molar-refractivity contribution in [3.63, 3.8) is 0 Å². The van der Waals surface area contributed by atoms with Crippen molar-refractivity contribution in [2.24, 2.45) is 5.92 Å². The first-order valence-corrected chi connectivity index (χ1v) is 6.75. The van der Waals surface area contributed by atoms with Gasteiger partial charge in [-0.3, -0.25) is 10.3 Å². The van der Waals surface area contributed by atoms with Crippen LogP contribution in [0.5, 0.6) is 0 Å². The first kappa shape index (κ1) is 16.4. The summed E-state index contributed by atoms with van der Waals surface area (Å²) in [7, 11) is 0. The molecule has 1 unspecified atom stereocenters. The molecule has 1 atom stereocenters. The molecule has 0 fully saturated rings. The zero-order valence-corrected chi connectivity index (χ0v) is 13.0. The van der Waals surface area contributed by atoms with Crippen molar-refractivity contribution in [3.8, 4) is 0 Å². The molecule has 1 heterocycles. The summed E-state index contributed by atoms with van der Waals surface area (Å²) in [6.07, 6.45) is 0.379. The summed E-state index contributed by atoms with van der Waals surface area (Å²) >= 11 is 0. The molecule has 0 saturated heterocycles. The second-order valence-electron chi connectivity index (χ2n) is 6.26. The van der Waals surface area contributed by atoms with E-state index < -0.39 is 17.8 Å². The molecule has 1 aromatic heterocycles. The van der Waals surface area contributed by atoms with Gasteiger partial charge in [-0.25, -0.2) is 4.79 Å². The standard InChI is InChI=1S/C15H24N2O3/c1-9(2)13(18)12-11(7-10(3)8-16-12)17-14(19)20-15(4,5)6/h7-9,13,18H,1-6H3,(H,17,19). The maximum Gasteiger partial charge on any atom is 0.412 e. The number of hydrogen-bond acceptors (Lipinski definition) is 4. The molecule has 0 saturated carbocycles. The van der Waals surface area contributed by atoms with Gasteiger partial charge in [0.05, 0.1) is 11.4 Å². The number of hydrogen-bond donors (Lipinski definition) is 2. The van der Waals surface area contributed by atoms with Crippen LogP contribution in [0.2, 0.25) is 0 Å². The largest absolute Gasteiger partial charge is 0.444 e. The van der Waals surface area contributed by atoms with Crippen LogP contribution in [0.1, 0.15) is 52.0 Å². The summed E-state index contributed by atoms with van der Waals surface area (Å²) in [6.45, 7) is 11.0. The number of aliphatic hydroxyl groups is 1. The van der Waals surface area contributed by atoms with Crippen LogP contribution in [-0.4, -0.2) is 21.8 Å². The molecule has 2 N–H and O–H groups in total. The predicted octanol–water partition coefficient (Wildman–Crippen LogP) is 3.43. The highest BCUT2D eigenvalue weighted by Crippen LogP contribution is 2.27. The van der Waals surface area contributed by atoms with Crippen molar-refractivity contribution in [3.05, 3.63) is 23.5 Å². The number of rotatable bonds is 3. The second-order valence-corrected chi connectivity index (χ2v) is 6.26. The maximum absolute atomic E-state index is 11.8. The molecule has 1 amide bonds. The topological polar surface area (TPSA) is 71.5 Å². The molecule has 112 valence electrons. The Balaban J connectivity index is 2.98. The molecule has 0 spiro atoms. The van der Waals surface area contributed by atoms with Gasteiger partial charge < -0.3 is 9.84 Å². The van der Waals surface area contributed by atoms with Crippen LogP contribution in [0.15, 0.2) is 12.3 Å². The molecule has 0 aliphatic heterocycles. The zero-order valence-electron chi connectivity index (χ0n) is 13.0. The van der Waals surface area contributed by atoms with Gasteiger partial charge in [0.1, 0.15) is 11.7 Å². The number of nitrogens with zero attached hydrogens (tertiary/aromatic N) is 1. The summed E-state index contributed by atoms with van der Waals surface area (Å²) in [5, 5.41) is 12.8. The highest BCUT2D eigenvalue weighted by atomic mass is 16.6. The van der Waals surface area contributed by atoms with Crippen LogP contribution in [-0.2, 0) is 4.74 Å². The summed E-state index contributed by atoms with van der Waals surface area (Å²) in [4.78, 5) is 16.1. The molecule has 0 radical (unpaired) electrons. The SMILES string of the molecule is Cc1cnc(C(O)C(C)C)c(NC(=O)OC(C)(C)C)c1. The van der Waals surface area contributed by atoms with E-state index in [1.54, 1.807) is 33.0 Å². The van der Waals surface area contributed by atoms with Gasteiger partial charge >= 0.3 is 6.09 Å². The number of aliphatic hydroxyl groups excluding tert-OH is 1. The van der Waals surface area contributed by atoms with Crippen molar-refractivity contribution >= 4 is 11.8 Å². The second kappa shape index (κ2) is 6.22. The smallest absolute Gasteiger partial charge is 0.412 e. The summed E-state index contributed by atoms with van der Waals surface area (Å²) in [5.41, 5.74) is 1.27. The maximum atomic E-state index is 11.8. The van der Waals surface area contributed by atoms with Crippen molar-refractivity contribution in [1.82, 2.24) is 4.98 Å². The van der Waals surface area contributed by atoms with Crippen molar-refractivity contribution in [2.45, 2.75) is 53.2 Å². The fourth-order valence-corrected chi connectivity index (χ4v) is 1.64. The monoisotopic (exact) mass is 280 g/mol. The minimum atomic E-state index is -0.736. The average Bonchev–Trinajstić information content (AvgIpc) is 2.25. The minimum Gasteiger partial charge on any atom is -0.444 e. The molecule has 0 aliphatic carbocycles. The molecule has 20 heavy (non-hydrogen) atoms. The van der Waals surface area contributed by atoms with E-state index >= 15 is 0 Å². The van der Waals surface area contributed by atoms with Crippen molar-refractivity contribution in [2.75, 3.05) is 5.32 Å². The van der Waals surface area contributed by atoms with Gasteiger partial charge in [0.15, 0.2) is 0 Å². The molecule has 1 rings (SSSR count). The fourth-order valence-electron chi connectivity index (χ4n) is 1.64. The molecule has 0 bridgehead atoms. The number of aromatic nitrogens is 1. The number of amides is 1. The predicted molar refractivity (Wildman–Crippen MR) is 78.6 cm³/mol. The average molecular weight is 280 g/mol. The first-order valence-electron chi connectivity index (χ1n) is 6.75. The molecule has 5 nitrogen and oxygen atoms in total. The van der Waals surface area contributed by atoms with Gasteiger partial charge in [-0.15, -0.1) is 0 Å². The van der Waals surface area contributed by atoms with Crippen LogP contribution in [0.4, 0.5) is 10.5 Å². The quantitative estimate of drug-likeness (QED) is 0.889. The number of aryl methyl sites for hydroxylation is 1. The van der Waals surface area contributed by atoms with Crippen LogP contribution < -0.4 is 5.32 Å². The van der Waals surface area contributed by atoms with Crippen molar-refractivity contribution < 1.29 is 14.6 Å². The Labute approximate surface area is 120 Å². The molecule has 0 aliphatic rings. The molecular weight excluding hydrogens is 256 g/mol. The Kier molecular flexibility index (Phi) is 5.11. The molecule has 0 aromatic carbocycles. The Morgan fingerprint density at radius 3 is 2.50 bits per heavy atom. The van der Waals surface area contributed by atoms with E-state index in [1.807, 2.05) is 20.8 Å². The third-order valence-corrected chi connectivity index (χ3v) is 2.60. The van der Waals surface area contributed by atoms with E-state index in [4.69, 9.17) is 4.74 Å². The van der Waals surface area contributed by atoms with E-state index in [9.17, 15) is 9.90 Å². The van der Waals surface area contributed by atoms with E-state index in [0.29, 0.717) is 11.4 Å². The lowest BCUT2D eigenvalue weighted by molar-refractivity contribution is 0.0634. The van der Waals surface area contributed by atoms with E-state index in [1.165, 1.54) is 0 Å². The molecular formula is C15H24N2O3. The van der Waals surface area contributed by atoms with Gasteiger partial charge in [-0.05, 0) is 45.2 Å². The van der Waals surface area contributed by atoms with Crippen LogP contribution in [0, 0.1) is 12.8 Å². The van der Waals surface area contributed by atoms with Crippen LogP contribution >= 0.6 is 0 Å². The van der Waals surface area contributed by atoms with Gasteiger partial charge in [0, 0.05) is 6.20 Å². The third kappa shape index (κ3) is 4.81. The molecule has 5 heteroatoms. The molecule has 1 aromatic rings. The summed E-state index contributed by atoms with van der Waals surface area (Å²) in [5.74, 6) is 0.00407. The lowest BCUT2D eigenvalue weighted by atomic mass is 10.0. The number of anilines is 1. The summed E-state index contributed by atoms with van der Waals surface area (Å²) < 4.78 is 5.22. The number of nitrogens with one attached hydrogen (secondary N) is 1. The van der Waals surface area contributed by atoms with Gasteiger partial charge in [-0.2, -0.15) is 0 Å². The van der Waals surface area contributed by atoms with Gasteiger partial charge in [0.2, 0.25) is 0 Å². The van der Waals surface area contributed by atoms with Gasteiger partial charge in [-0.1, -0.05) is 13.8 Å². The number of carbonyl (C=O) groups excluding carboxylic acids is 1. The summed E-state index contributed by atoms with van der Waals surface area (Å²) in [6, 6.07) is 1.78. The fraction of sp³-hybridized carbons (Fsp3) is 0.600. The number of pyridine rings is 1. The third-order valence-electron chi connectivity index (χ3n) is 2.60. The highest BCUT2D eigenvalue weighted by molar-refractivity contribution is 5.85. The lowest BCUT2D eigenvalue weighted by Gasteiger charge is -2.22. The minimum absolute atomic E-state index is 0.00407. The van der Waals surface area contributed by atoms with Crippen LogP contribution in [0.3, 0.4) is 0 Å². The Hall–Kier alpha value is -1.62. The lowest BCUT2D eigenvalue weighted by Crippen LogP contribution is -2.28. The van der Waals surface area contributed by atoms with Crippen LogP contribution in [0.25, 0.3) is 0 Å². The number of carbonyl (C=O) groups is 1. The van der Waals surface area contributed by atoms with E-state index in [-0.39, 0.29) is 5.92 Å². The Morgan fingerprint density at radius 2 is 2.00 bits per heavy atom. The van der Waals surface area contributed by atoms with E-state index in [0.717, 1.165) is 5.56 Å². The highest BCUT2D eigenvalue weighted by Gasteiger charge is 2.21.